The standard InChI is InChI=1S/C25H19BrClNO3S2/c1-2-30-21-13-17(12-20(26)23(21)31-15-16-6-4-3-5-7-16)14-22-24(29)28(25(32)33-22)19-10-8-18(27)9-11-19/h3-14H,2,15H2,1H3/b22-14-. The number of carbonyl (C=O) groups excluding carboxylic acids is 1. The second kappa shape index (κ2) is 10.7. The minimum Gasteiger partial charge on any atom is -0.490 e. The Hall–Kier alpha value is -2.32. The van der Waals surface area contributed by atoms with E-state index in [1.807, 2.05) is 55.5 Å². The van der Waals surface area contributed by atoms with Gasteiger partial charge >= 0.3 is 0 Å². The first kappa shape index (κ1) is 23.8. The Morgan fingerprint density at radius 2 is 1.82 bits per heavy atom. The van der Waals surface area contributed by atoms with E-state index >= 15 is 0 Å². The summed E-state index contributed by atoms with van der Waals surface area (Å²) < 4.78 is 13.1. The number of anilines is 1. The number of halogens is 2. The van der Waals surface area contributed by atoms with E-state index in [9.17, 15) is 4.79 Å². The Morgan fingerprint density at radius 3 is 2.52 bits per heavy atom. The predicted molar refractivity (Wildman–Crippen MR) is 143 cm³/mol. The van der Waals surface area contributed by atoms with Crippen molar-refractivity contribution in [3.63, 3.8) is 0 Å². The molecule has 0 bridgehead atoms. The van der Waals surface area contributed by atoms with Crippen molar-refractivity contribution in [2.45, 2.75) is 13.5 Å². The summed E-state index contributed by atoms with van der Waals surface area (Å²) in [4.78, 5) is 15.1. The molecule has 0 unspecified atom stereocenters. The molecule has 1 saturated heterocycles. The second-order valence-electron chi connectivity index (χ2n) is 7.03. The van der Waals surface area contributed by atoms with Gasteiger partial charge in [-0.25, -0.2) is 0 Å². The number of benzene rings is 3. The lowest BCUT2D eigenvalue weighted by atomic mass is 10.1. The molecule has 0 atom stereocenters. The third-order valence-electron chi connectivity index (χ3n) is 4.73. The van der Waals surface area contributed by atoms with Crippen molar-refractivity contribution in [2.75, 3.05) is 11.5 Å². The fourth-order valence-corrected chi connectivity index (χ4v) is 5.24. The van der Waals surface area contributed by atoms with Crippen molar-refractivity contribution in [2.24, 2.45) is 0 Å². The average molecular weight is 561 g/mol. The summed E-state index contributed by atoms with van der Waals surface area (Å²) in [6.07, 6.45) is 1.81. The topological polar surface area (TPSA) is 38.8 Å². The molecule has 4 nitrogen and oxygen atoms in total. The van der Waals surface area contributed by atoms with Crippen LogP contribution in [0, 0.1) is 0 Å². The van der Waals surface area contributed by atoms with Crippen molar-refractivity contribution in [3.05, 3.63) is 92.3 Å². The molecule has 1 aliphatic rings. The van der Waals surface area contributed by atoms with Crippen molar-refractivity contribution in [3.8, 4) is 11.5 Å². The van der Waals surface area contributed by atoms with E-state index < -0.39 is 0 Å². The molecular weight excluding hydrogens is 542 g/mol. The molecule has 0 spiro atoms. The van der Waals surface area contributed by atoms with E-state index in [0.29, 0.717) is 44.6 Å². The van der Waals surface area contributed by atoms with Crippen molar-refractivity contribution >= 4 is 73.5 Å². The Morgan fingerprint density at radius 1 is 1.09 bits per heavy atom. The van der Waals surface area contributed by atoms with Crippen LogP contribution < -0.4 is 14.4 Å². The van der Waals surface area contributed by atoms with E-state index in [-0.39, 0.29) is 5.91 Å². The van der Waals surface area contributed by atoms with Gasteiger partial charge in [0, 0.05) is 5.02 Å². The van der Waals surface area contributed by atoms with E-state index in [0.717, 1.165) is 15.6 Å². The Kier molecular flexibility index (Phi) is 7.75. The summed E-state index contributed by atoms with van der Waals surface area (Å²) in [6.45, 7) is 2.81. The molecule has 0 saturated carbocycles. The highest BCUT2D eigenvalue weighted by Crippen LogP contribution is 2.40. The van der Waals surface area contributed by atoms with Crippen LogP contribution in [-0.4, -0.2) is 16.8 Å². The summed E-state index contributed by atoms with van der Waals surface area (Å²) in [5.74, 6) is 1.04. The predicted octanol–water partition coefficient (Wildman–Crippen LogP) is 7.49. The van der Waals surface area contributed by atoms with E-state index in [2.05, 4.69) is 15.9 Å². The summed E-state index contributed by atoms with van der Waals surface area (Å²) in [7, 11) is 0. The largest absolute Gasteiger partial charge is 0.490 e. The minimum absolute atomic E-state index is 0.175. The normalized spacial score (nSPS) is 14.8. The molecule has 3 aromatic carbocycles. The van der Waals surface area contributed by atoms with Crippen molar-refractivity contribution in [1.29, 1.82) is 0 Å². The maximum atomic E-state index is 13.1. The third kappa shape index (κ3) is 5.61. The van der Waals surface area contributed by atoms with Crippen LogP contribution in [0.4, 0.5) is 5.69 Å². The molecule has 1 heterocycles. The number of rotatable bonds is 7. The number of thiocarbonyl (C=S) groups is 1. The first-order valence-corrected chi connectivity index (χ1v) is 12.5. The van der Waals surface area contributed by atoms with Gasteiger partial charge in [-0.05, 0) is 76.5 Å². The fourth-order valence-electron chi connectivity index (χ4n) is 3.24. The molecule has 1 aliphatic heterocycles. The lowest BCUT2D eigenvalue weighted by Gasteiger charge is -2.15. The molecule has 0 N–H and O–H groups in total. The molecule has 4 rings (SSSR count). The highest BCUT2D eigenvalue weighted by atomic mass is 79.9. The van der Waals surface area contributed by atoms with Crippen LogP contribution >= 0.6 is 51.5 Å². The van der Waals surface area contributed by atoms with Crippen LogP contribution in [-0.2, 0) is 11.4 Å². The number of nitrogens with zero attached hydrogens (tertiary/aromatic N) is 1. The fraction of sp³-hybridized carbons (Fsp3) is 0.120. The zero-order valence-corrected chi connectivity index (χ0v) is 21.6. The second-order valence-corrected chi connectivity index (χ2v) is 10.00. The summed E-state index contributed by atoms with van der Waals surface area (Å²) >= 11 is 16.3. The first-order chi connectivity index (χ1) is 16.0. The molecule has 1 fully saturated rings. The molecule has 0 aliphatic carbocycles. The zero-order valence-electron chi connectivity index (χ0n) is 17.6. The summed E-state index contributed by atoms with van der Waals surface area (Å²) in [6, 6.07) is 20.7. The summed E-state index contributed by atoms with van der Waals surface area (Å²) in [5.41, 5.74) is 2.54. The van der Waals surface area contributed by atoms with Crippen LogP contribution in [0.25, 0.3) is 6.08 Å². The minimum atomic E-state index is -0.175. The quantitative estimate of drug-likeness (QED) is 0.221. The number of carbonyl (C=O) groups is 1. The van der Waals surface area contributed by atoms with E-state index in [1.54, 1.807) is 24.3 Å². The van der Waals surface area contributed by atoms with Gasteiger partial charge in [0.2, 0.25) is 0 Å². The van der Waals surface area contributed by atoms with Crippen LogP contribution in [0.2, 0.25) is 5.02 Å². The molecule has 0 radical (unpaired) electrons. The van der Waals surface area contributed by atoms with Gasteiger partial charge in [-0.2, -0.15) is 0 Å². The highest BCUT2D eigenvalue weighted by molar-refractivity contribution is 9.10. The number of hydrogen-bond acceptors (Lipinski definition) is 5. The van der Waals surface area contributed by atoms with Gasteiger partial charge < -0.3 is 9.47 Å². The van der Waals surface area contributed by atoms with Crippen LogP contribution in [0.1, 0.15) is 18.1 Å². The zero-order chi connectivity index (χ0) is 23.4. The Labute approximate surface area is 215 Å². The van der Waals surface area contributed by atoms with Gasteiger partial charge in [0.25, 0.3) is 5.91 Å². The summed E-state index contributed by atoms with van der Waals surface area (Å²) in [5, 5.41) is 0.600. The average Bonchev–Trinajstić information content (AvgIpc) is 3.07. The Bertz CT molecular complexity index is 1220. The van der Waals surface area contributed by atoms with Gasteiger partial charge in [0.05, 0.1) is 21.7 Å². The maximum absolute atomic E-state index is 13.1. The number of ether oxygens (including phenoxy) is 2. The van der Waals surface area contributed by atoms with Gasteiger partial charge in [-0.1, -0.05) is 65.9 Å². The SMILES string of the molecule is CCOc1cc(/C=C2\SC(=S)N(c3ccc(Cl)cc3)C2=O)cc(Br)c1OCc1ccccc1. The van der Waals surface area contributed by atoms with Gasteiger partial charge in [-0.3, -0.25) is 9.69 Å². The smallest absolute Gasteiger partial charge is 0.270 e. The number of thioether (sulfide) groups is 1. The first-order valence-electron chi connectivity index (χ1n) is 10.1. The molecule has 0 aromatic heterocycles. The molecule has 168 valence electrons. The third-order valence-corrected chi connectivity index (χ3v) is 6.88. The van der Waals surface area contributed by atoms with Gasteiger partial charge in [0.1, 0.15) is 6.61 Å². The molecule has 3 aromatic rings. The lowest BCUT2D eigenvalue weighted by molar-refractivity contribution is -0.113. The maximum Gasteiger partial charge on any atom is 0.270 e. The van der Waals surface area contributed by atoms with Crippen LogP contribution in [0.3, 0.4) is 0 Å². The molecular formula is C25H19BrClNO3S2. The van der Waals surface area contributed by atoms with Crippen LogP contribution in [0.5, 0.6) is 11.5 Å². The number of amides is 1. The molecule has 8 heteroatoms. The Balaban J connectivity index is 1.60. The van der Waals surface area contributed by atoms with E-state index in [1.165, 1.54) is 16.7 Å². The highest BCUT2D eigenvalue weighted by Gasteiger charge is 2.33. The van der Waals surface area contributed by atoms with Gasteiger partial charge in [-0.15, -0.1) is 0 Å². The molecule has 33 heavy (non-hydrogen) atoms. The monoisotopic (exact) mass is 559 g/mol. The van der Waals surface area contributed by atoms with Gasteiger partial charge in [0.15, 0.2) is 15.8 Å². The van der Waals surface area contributed by atoms with Crippen molar-refractivity contribution in [1.82, 2.24) is 0 Å². The lowest BCUT2D eigenvalue weighted by Crippen LogP contribution is -2.27. The van der Waals surface area contributed by atoms with E-state index in [4.69, 9.17) is 33.3 Å². The number of hydrogen-bond donors (Lipinski definition) is 0. The molecule has 1 amide bonds. The van der Waals surface area contributed by atoms with Crippen molar-refractivity contribution < 1.29 is 14.3 Å². The van der Waals surface area contributed by atoms with Crippen LogP contribution in [0.15, 0.2) is 76.1 Å².